The first kappa shape index (κ1) is 23.0. The Morgan fingerprint density at radius 3 is 2.81 bits per heavy atom. The van der Waals surface area contributed by atoms with Gasteiger partial charge in [-0.05, 0) is 61.7 Å². The maximum Gasteiger partial charge on any atom is 0.337 e. The van der Waals surface area contributed by atoms with Crippen LogP contribution in [0.1, 0.15) is 52.4 Å². The van der Waals surface area contributed by atoms with Crippen LogP contribution in [-0.2, 0) is 6.54 Å². The quantitative estimate of drug-likeness (QED) is 0.498. The number of anilines is 1. The summed E-state index contributed by atoms with van der Waals surface area (Å²) in [5, 5.41) is 13.7. The van der Waals surface area contributed by atoms with Gasteiger partial charge in [-0.1, -0.05) is 12.5 Å². The molecule has 1 fully saturated rings. The third-order valence-electron chi connectivity index (χ3n) is 6.23. The van der Waals surface area contributed by atoms with Crippen LogP contribution < -0.4 is 10.1 Å². The number of aromatic carboxylic acids is 1. The minimum Gasteiger partial charge on any atom is -0.496 e. The fraction of sp³-hybridized carbons (Fsp3) is 0.375. The molecule has 0 amide bonds. The van der Waals surface area contributed by atoms with Crippen molar-refractivity contribution in [1.29, 1.82) is 0 Å². The Kier molecular flexibility index (Phi) is 7.18. The van der Waals surface area contributed by atoms with Crippen molar-refractivity contribution >= 4 is 36.1 Å². The molecule has 6 nitrogen and oxygen atoms in total. The second-order valence-corrected chi connectivity index (χ2v) is 7.98. The van der Waals surface area contributed by atoms with Crippen molar-refractivity contribution in [3.05, 3.63) is 58.8 Å². The van der Waals surface area contributed by atoms with Crippen molar-refractivity contribution in [2.45, 2.75) is 38.8 Å². The molecule has 0 radical (unpaired) electrons. The van der Waals surface area contributed by atoms with Crippen LogP contribution in [0.3, 0.4) is 0 Å². The van der Waals surface area contributed by atoms with E-state index in [-0.39, 0.29) is 19.5 Å². The molecule has 0 aliphatic carbocycles. The number of carbonyl (C=O) groups is 1. The Hall–Kier alpha value is -2.64. The first-order valence-corrected chi connectivity index (χ1v) is 10.5. The summed E-state index contributed by atoms with van der Waals surface area (Å²) in [7, 11) is 3.50. The summed E-state index contributed by atoms with van der Waals surface area (Å²) in [4.78, 5) is 17.4. The Morgan fingerprint density at radius 1 is 1.29 bits per heavy atom. The summed E-state index contributed by atoms with van der Waals surface area (Å²) in [6.45, 7) is 3.89. The van der Waals surface area contributed by atoms with Crippen molar-refractivity contribution < 1.29 is 14.6 Å². The van der Waals surface area contributed by atoms with E-state index in [1.165, 1.54) is 22.9 Å². The normalized spacial score (nSPS) is 16.7. The average molecular weight is 442 g/mol. The molecule has 166 valence electrons. The van der Waals surface area contributed by atoms with Crippen LogP contribution in [0.4, 0.5) is 5.69 Å². The molecule has 7 heteroatoms. The molecular formula is C24H31N3O3S. The molecule has 31 heavy (non-hydrogen) atoms. The number of piperidine rings is 1. The molecule has 2 aromatic carbocycles. The first-order valence-electron chi connectivity index (χ1n) is 10.5. The molecule has 2 heterocycles. The van der Waals surface area contributed by atoms with E-state index in [4.69, 9.17) is 4.74 Å². The fourth-order valence-electron chi connectivity index (χ4n) is 4.70. The van der Waals surface area contributed by atoms with Crippen LogP contribution >= 0.6 is 13.5 Å². The molecule has 3 aromatic rings. The lowest BCUT2D eigenvalue weighted by atomic mass is 9.92. The topological polar surface area (TPSA) is 77.6 Å². The summed E-state index contributed by atoms with van der Waals surface area (Å²) < 4.78 is 5.75. The zero-order valence-corrected chi connectivity index (χ0v) is 19.3. The van der Waals surface area contributed by atoms with Gasteiger partial charge in [-0.15, -0.1) is 0 Å². The Bertz CT molecular complexity index is 1080. The van der Waals surface area contributed by atoms with Crippen LogP contribution in [0, 0.1) is 6.92 Å². The number of likely N-dealkylation sites (tertiary alicyclic amines) is 1. The van der Waals surface area contributed by atoms with E-state index >= 15 is 0 Å². The summed E-state index contributed by atoms with van der Waals surface area (Å²) in [5.41, 5.74) is 5.64. The molecule has 0 spiro atoms. The van der Waals surface area contributed by atoms with Gasteiger partial charge in [-0.2, -0.15) is 13.5 Å². The highest BCUT2D eigenvalue weighted by atomic mass is 32.1. The maximum absolute atomic E-state index is 11.5. The maximum atomic E-state index is 11.5. The Labute approximate surface area is 190 Å². The van der Waals surface area contributed by atoms with Gasteiger partial charge in [-0.3, -0.25) is 4.90 Å². The van der Waals surface area contributed by atoms with E-state index in [9.17, 15) is 9.90 Å². The monoisotopic (exact) mass is 441 g/mol. The lowest BCUT2D eigenvalue weighted by Crippen LogP contribution is -2.33. The molecule has 0 bridgehead atoms. The third kappa shape index (κ3) is 4.38. The molecule has 1 unspecified atom stereocenters. The molecule has 1 saturated heterocycles. The molecular weight excluding hydrogens is 410 g/mol. The van der Waals surface area contributed by atoms with Gasteiger partial charge in [0, 0.05) is 48.0 Å². The second kappa shape index (κ2) is 9.66. The van der Waals surface area contributed by atoms with Crippen LogP contribution in [0.5, 0.6) is 5.75 Å². The molecule has 1 aliphatic rings. The molecule has 1 aliphatic heterocycles. The lowest BCUT2D eigenvalue weighted by Gasteiger charge is -2.37. The standard InChI is InChI=1S/C24H29N3O3.H2S/c1-15-12-22(30-3)19(17-9-10-26-23(15)17)14-27-11-5-4-6-21(27)16-7-8-18(24(28)29)20(13-16)25-2;/h7-10,12-13,21,25-26H,4-6,11,14H2,1-3H3,(H,28,29);1H2. The molecule has 4 rings (SSSR count). The second-order valence-electron chi connectivity index (χ2n) is 7.98. The zero-order chi connectivity index (χ0) is 21.3. The van der Waals surface area contributed by atoms with Crippen molar-refractivity contribution in [2.24, 2.45) is 0 Å². The van der Waals surface area contributed by atoms with E-state index in [2.05, 4.69) is 34.3 Å². The minimum atomic E-state index is -0.911. The third-order valence-corrected chi connectivity index (χ3v) is 6.23. The van der Waals surface area contributed by atoms with Crippen LogP contribution in [0.25, 0.3) is 10.9 Å². The van der Waals surface area contributed by atoms with Crippen molar-refractivity contribution in [3.8, 4) is 5.75 Å². The molecule has 1 atom stereocenters. The van der Waals surface area contributed by atoms with E-state index in [1.54, 1.807) is 20.2 Å². The predicted octanol–water partition coefficient (Wildman–Crippen LogP) is 5.06. The van der Waals surface area contributed by atoms with Crippen LogP contribution in [0.2, 0.25) is 0 Å². The van der Waals surface area contributed by atoms with Gasteiger partial charge in [-0.25, -0.2) is 4.79 Å². The summed E-state index contributed by atoms with van der Waals surface area (Å²) in [6.07, 6.45) is 5.37. The highest BCUT2D eigenvalue weighted by Gasteiger charge is 2.27. The van der Waals surface area contributed by atoms with Crippen LogP contribution in [-0.4, -0.2) is 41.7 Å². The molecule has 0 saturated carbocycles. The number of hydrogen-bond donors (Lipinski definition) is 3. The first-order chi connectivity index (χ1) is 14.5. The largest absolute Gasteiger partial charge is 0.496 e. The highest BCUT2D eigenvalue weighted by Crippen LogP contribution is 2.38. The number of nitrogens with one attached hydrogen (secondary N) is 2. The summed E-state index contributed by atoms with van der Waals surface area (Å²) in [5.74, 6) is 0.00621. The number of aromatic amines is 1. The fourth-order valence-corrected chi connectivity index (χ4v) is 4.70. The predicted molar refractivity (Wildman–Crippen MR) is 130 cm³/mol. The summed E-state index contributed by atoms with van der Waals surface area (Å²) >= 11 is 0. The van der Waals surface area contributed by atoms with E-state index in [0.29, 0.717) is 11.3 Å². The number of nitrogens with zero attached hydrogens (tertiary/aromatic N) is 1. The number of ether oxygens (including phenoxy) is 1. The Morgan fingerprint density at radius 2 is 2.10 bits per heavy atom. The van der Waals surface area contributed by atoms with Crippen molar-refractivity contribution in [1.82, 2.24) is 9.88 Å². The average Bonchev–Trinajstić information content (AvgIpc) is 3.26. The lowest BCUT2D eigenvalue weighted by molar-refractivity contribution is 0.0698. The number of aromatic nitrogens is 1. The van der Waals surface area contributed by atoms with Crippen LogP contribution in [0.15, 0.2) is 36.5 Å². The smallest absolute Gasteiger partial charge is 0.337 e. The van der Waals surface area contributed by atoms with Gasteiger partial charge in [0.25, 0.3) is 0 Å². The highest BCUT2D eigenvalue weighted by molar-refractivity contribution is 7.59. The van der Waals surface area contributed by atoms with Gasteiger partial charge in [0.05, 0.1) is 12.7 Å². The molecule has 1 aromatic heterocycles. The van der Waals surface area contributed by atoms with E-state index in [1.807, 2.05) is 18.3 Å². The van der Waals surface area contributed by atoms with Gasteiger partial charge < -0.3 is 20.1 Å². The van der Waals surface area contributed by atoms with Gasteiger partial charge in [0.1, 0.15) is 5.75 Å². The molecule has 3 N–H and O–H groups in total. The minimum absolute atomic E-state index is 0. The van der Waals surface area contributed by atoms with Gasteiger partial charge in [0.15, 0.2) is 0 Å². The number of methoxy groups -OCH3 is 1. The number of rotatable bonds is 6. The number of benzene rings is 2. The number of H-pyrrole nitrogens is 1. The number of carboxylic acid groups (broad SMARTS) is 1. The number of hydrogen-bond acceptors (Lipinski definition) is 4. The summed E-state index contributed by atoms with van der Waals surface area (Å²) in [6, 6.07) is 10.1. The zero-order valence-electron chi connectivity index (χ0n) is 18.3. The number of aryl methyl sites for hydroxylation is 1. The van der Waals surface area contributed by atoms with Crippen molar-refractivity contribution in [2.75, 3.05) is 26.0 Å². The number of carboxylic acids is 1. The van der Waals surface area contributed by atoms with E-state index < -0.39 is 5.97 Å². The van der Waals surface area contributed by atoms with E-state index in [0.717, 1.165) is 42.8 Å². The Balaban J connectivity index is 0.00000272. The van der Waals surface area contributed by atoms with Crippen molar-refractivity contribution in [3.63, 3.8) is 0 Å². The van der Waals surface area contributed by atoms with Gasteiger partial charge >= 0.3 is 5.97 Å². The SMILES string of the molecule is CNc1cc(C2CCCCN2Cc2c(OC)cc(C)c3[nH]ccc23)ccc1C(=O)O.S. The van der Waals surface area contributed by atoms with Gasteiger partial charge in [0.2, 0.25) is 0 Å². The number of fused-ring (bicyclic) bond motifs is 1.